The molecule has 3 rings (SSSR count). The number of aliphatic imine (C=N–C) groups is 1. The van der Waals surface area contributed by atoms with Gasteiger partial charge in [-0.15, -0.1) is 11.3 Å². The van der Waals surface area contributed by atoms with Gasteiger partial charge in [-0.3, -0.25) is 9.79 Å². The number of carbonyl (C=O) groups is 1. The first-order chi connectivity index (χ1) is 11.8. The van der Waals surface area contributed by atoms with Crippen LogP contribution in [0.5, 0.6) is 0 Å². The molecule has 1 aliphatic heterocycles. The van der Waals surface area contributed by atoms with Gasteiger partial charge in [-0.2, -0.15) is 0 Å². The van der Waals surface area contributed by atoms with Gasteiger partial charge < -0.3 is 15.5 Å². The zero-order chi connectivity index (χ0) is 16.8. The van der Waals surface area contributed by atoms with E-state index in [1.807, 2.05) is 4.90 Å². The fraction of sp³-hybridized carbons (Fsp3) is 0.667. The first kappa shape index (κ1) is 17.3. The molecule has 0 bridgehead atoms. The van der Waals surface area contributed by atoms with Crippen molar-refractivity contribution in [3.8, 4) is 0 Å². The van der Waals surface area contributed by atoms with E-state index in [4.69, 9.17) is 0 Å². The summed E-state index contributed by atoms with van der Waals surface area (Å²) in [6.45, 7) is 5.08. The summed E-state index contributed by atoms with van der Waals surface area (Å²) in [4.78, 5) is 20.4. The van der Waals surface area contributed by atoms with Crippen LogP contribution in [0.1, 0.15) is 49.5 Å². The number of nitrogens with one attached hydrogen (secondary N) is 2. The molecule has 6 heteroatoms. The van der Waals surface area contributed by atoms with Crippen LogP contribution in [0.3, 0.4) is 0 Å². The smallest absolute Gasteiger partial charge is 0.224 e. The molecular formula is C18H28N4OS. The summed E-state index contributed by atoms with van der Waals surface area (Å²) in [5, 5.41) is 8.91. The zero-order valence-corrected chi connectivity index (χ0v) is 15.3. The number of hydrogen-bond acceptors (Lipinski definition) is 3. The standard InChI is InChI=1S/C18H28N4OS/c1-2-19-18(21-15-5-3-4-6-15)20-10-7-17(23)22-11-8-16-14(13-22)9-12-24-16/h9,12,15H,2-8,10-11,13H2,1H3,(H2,19,20,21). The summed E-state index contributed by atoms with van der Waals surface area (Å²) >= 11 is 1.80. The molecule has 1 fully saturated rings. The van der Waals surface area contributed by atoms with Gasteiger partial charge in [-0.05, 0) is 43.2 Å². The quantitative estimate of drug-likeness (QED) is 0.635. The van der Waals surface area contributed by atoms with Gasteiger partial charge in [0.2, 0.25) is 5.91 Å². The van der Waals surface area contributed by atoms with Crippen LogP contribution >= 0.6 is 11.3 Å². The zero-order valence-electron chi connectivity index (χ0n) is 14.5. The number of hydrogen-bond donors (Lipinski definition) is 2. The second-order valence-electron chi connectivity index (χ2n) is 6.57. The lowest BCUT2D eigenvalue weighted by atomic mass is 10.1. The molecule has 132 valence electrons. The summed E-state index contributed by atoms with van der Waals surface area (Å²) in [6.07, 6.45) is 6.53. The van der Waals surface area contributed by atoms with Crippen molar-refractivity contribution in [1.29, 1.82) is 0 Å². The molecule has 1 aliphatic carbocycles. The molecule has 24 heavy (non-hydrogen) atoms. The minimum atomic E-state index is 0.215. The van der Waals surface area contributed by atoms with E-state index in [-0.39, 0.29) is 5.91 Å². The number of guanidine groups is 1. The number of nitrogens with zero attached hydrogens (tertiary/aromatic N) is 2. The van der Waals surface area contributed by atoms with E-state index in [0.29, 0.717) is 19.0 Å². The van der Waals surface area contributed by atoms with E-state index in [1.165, 1.54) is 36.1 Å². The number of thiophene rings is 1. The highest BCUT2D eigenvalue weighted by molar-refractivity contribution is 7.10. The van der Waals surface area contributed by atoms with Crippen LogP contribution in [0.15, 0.2) is 16.4 Å². The van der Waals surface area contributed by atoms with Crippen LogP contribution in [0.25, 0.3) is 0 Å². The molecule has 0 saturated heterocycles. The molecule has 1 saturated carbocycles. The largest absolute Gasteiger partial charge is 0.357 e. The Morgan fingerprint density at radius 2 is 2.25 bits per heavy atom. The summed E-state index contributed by atoms with van der Waals surface area (Å²) in [6, 6.07) is 2.68. The van der Waals surface area contributed by atoms with Crippen molar-refractivity contribution < 1.29 is 4.79 Å². The molecule has 0 spiro atoms. The summed E-state index contributed by atoms with van der Waals surface area (Å²) in [7, 11) is 0. The van der Waals surface area contributed by atoms with Gasteiger partial charge in [0, 0.05) is 37.0 Å². The monoisotopic (exact) mass is 348 g/mol. The van der Waals surface area contributed by atoms with E-state index in [9.17, 15) is 4.79 Å². The van der Waals surface area contributed by atoms with Crippen molar-refractivity contribution >= 4 is 23.2 Å². The van der Waals surface area contributed by atoms with E-state index >= 15 is 0 Å². The summed E-state index contributed by atoms with van der Waals surface area (Å²) in [5.41, 5.74) is 1.32. The molecular weight excluding hydrogens is 320 g/mol. The van der Waals surface area contributed by atoms with Gasteiger partial charge in [0.25, 0.3) is 0 Å². The first-order valence-corrected chi connectivity index (χ1v) is 10.0. The Hall–Kier alpha value is -1.56. The average molecular weight is 349 g/mol. The van der Waals surface area contributed by atoms with Gasteiger partial charge >= 0.3 is 0 Å². The predicted molar refractivity (Wildman–Crippen MR) is 99.4 cm³/mol. The molecule has 0 unspecified atom stereocenters. The van der Waals surface area contributed by atoms with E-state index in [1.54, 1.807) is 11.3 Å². The van der Waals surface area contributed by atoms with Gasteiger partial charge in [0.15, 0.2) is 5.96 Å². The first-order valence-electron chi connectivity index (χ1n) is 9.14. The van der Waals surface area contributed by atoms with Crippen molar-refractivity contribution in [2.24, 2.45) is 4.99 Å². The van der Waals surface area contributed by atoms with E-state index in [2.05, 4.69) is 34.0 Å². The molecule has 0 aromatic carbocycles. The van der Waals surface area contributed by atoms with Gasteiger partial charge in [-0.1, -0.05) is 12.8 Å². The molecule has 1 aromatic heterocycles. The topological polar surface area (TPSA) is 56.7 Å². The molecule has 1 amide bonds. The summed E-state index contributed by atoms with van der Waals surface area (Å²) < 4.78 is 0. The van der Waals surface area contributed by atoms with Crippen LogP contribution < -0.4 is 10.6 Å². The van der Waals surface area contributed by atoms with Crippen LogP contribution in [0, 0.1) is 0 Å². The van der Waals surface area contributed by atoms with Gasteiger partial charge in [-0.25, -0.2) is 0 Å². The molecule has 2 aliphatic rings. The highest BCUT2D eigenvalue weighted by Crippen LogP contribution is 2.24. The van der Waals surface area contributed by atoms with Crippen molar-refractivity contribution in [1.82, 2.24) is 15.5 Å². The minimum Gasteiger partial charge on any atom is -0.357 e. The lowest BCUT2D eigenvalue weighted by Crippen LogP contribution is -2.42. The fourth-order valence-corrected chi connectivity index (χ4v) is 4.36. The Kier molecular flexibility index (Phi) is 6.12. The number of fused-ring (bicyclic) bond motifs is 1. The third kappa shape index (κ3) is 4.50. The van der Waals surface area contributed by atoms with Gasteiger partial charge in [0.1, 0.15) is 0 Å². The highest BCUT2D eigenvalue weighted by atomic mass is 32.1. The normalized spacial score (nSPS) is 18.5. The minimum absolute atomic E-state index is 0.215. The molecule has 0 atom stereocenters. The SMILES string of the molecule is CCNC(=NCCC(=O)N1CCc2sccc2C1)NC1CCCC1. The van der Waals surface area contributed by atoms with Crippen molar-refractivity contribution in [2.45, 2.75) is 58.0 Å². The Morgan fingerprint density at radius 3 is 3.04 bits per heavy atom. The van der Waals surface area contributed by atoms with Crippen LogP contribution in [-0.2, 0) is 17.8 Å². The summed E-state index contributed by atoms with van der Waals surface area (Å²) in [5.74, 6) is 1.07. The number of carbonyl (C=O) groups excluding carboxylic acids is 1. The molecule has 1 aromatic rings. The van der Waals surface area contributed by atoms with E-state index in [0.717, 1.165) is 32.0 Å². The second kappa shape index (κ2) is 8.51. The Balaban J connectivity index is 1.47. The maximum atomic E-state index is 12.4. The maximum Gasteiger partial charge on any atom is 0.224 e. The molecule has 0 radical (unpaired) electrons. The van der Waals surface area contributed by atoms with Crippen molar-refractivity contribution in [2.75, 3.05) is 19.6 Å². The van der Waals surface area contributed by atoms with Crippen LogP contribution in [0.4, 0.5) is 0 Å². The van der Waals surface area contributed by atoms with Gasteiger partial charge in [0.05, 0.1) is 6.54 Å². The molecule has 5 nitrogen and oxygen atoms in total. The highest BCUT2D eigenvalue weighted by Gasteiger charge is 2.21. The van der Waals surface area contributed by atoms with Crippen LogP contribution in [0.2, 0.25) is 0 Å². The Morgan fingerprint density at radius 1 is 1.42 bits per heavy atom. The van der Waals surface area contributed by atoms with E-state index < -0.39 is 0 Å². The maximum absolute atomic E-state index is 12.4. The Labute approximate surface area is 148 Å². The number of rotatable bonds is 5. The predicted octanol–water partition coefficient (Wildman–Crippen LogP) is 2.52. The lowest BCUT2D eigenvalue weighted by Gasteiger charge is -2.27. The second-order valence-corrected chi connectivity index (χ2v) is 7.57. The average Bonchev–Trinajstić information content (AvgIpc) is 3.25. The molecule has 2 N–H and O–H groups in total. The number of amides is 1. The van der Waals surface area contributed by atoms with Crippen LogP contribution in [-0.4, -0.2) is 42.4 Å². The Bertz CT molecular complexity index is 577. The lowest BCUT2D eigenvalue weighted by molar-refractivity contribution is -0.131. The van der Waals surface area contributed by atoms with Crippen molar-refractivity contribution in [3.05, 3.63) is 21.9 Å². The third-order valence-corrected chi connectivity index (χ3v) is 5.82. The van der Waals surface area contributed by atoms with Crippen molar-refractivity contribution in [3.63, 3.8) is 0 Å². The molecule has 2 heterocycles. The fourth-order valence-electron chi connectivity index (χ4n) is 3.47. The third-order valence-electron chi connectivity index (χ3n) is 4.80.